The number of aryl methyl sites for hydroxylation is 1. The molecule has 0 radical (unpaired) electrons. The molecule has 1 rings (SSSR count). The summed E-state index contributed by atoms with van der Waals surface area (Å²) in [6.07, 6.45) is 3.86. The lowest BCUT2D eigenvalue weighted by Gasteiger charge is -2.26. The topological polar surface area (TPSA) is 24.5 Å². The van der Waals surface area contributed by atoms with Crippen molar-refractivity contribution in [3.05, 3.63) is 29.3 Å². The van der Waals surface area contributed by atoms with E-state index in [1.165, 1.54) is 30.4 Å². The number of nitrogens with one attached hydrogen (secondary N) is 1. The highest BCUT2D eigenvalue weighted by atomic mass is 16.5. The molecule has 3 heteroatoms. The quantitative estimate of drug-likeness (QED) is 0.664. The van der Waals surface area contributed by atoms with Crippen LogP contribution in [0.1, 0.15) is 50.3 Å². The van der Waals surface area contributed by atoms with Gasteiger partial charge in [-0.3, -0.25) is 0 Å². The molecule has 0 aliphatic rings. The molecule has 1 atom stereocenters. The number of unbranched alkanes of at least 4 members (excludes halogenated alkanes) is 2. The molecular formula is C18H32N2O. The maximum absolute atomic E-state index is 5.55. The van der Waals surface area contributed by atoms with E-state index in [-0.39, 0.29) is 0 Å². The summed E-state index contributed by atoms with van der Waals surface area (Å²) in [4.78, 5) is 2.42. The zero-order valence-electron chi connectivity index (χ0n) is 14.4. The van der Waals surface area contributed by atoms with E-state index in [0.717, 1.165) is 25.4 Å². The van der Waals surface area contributed by atoms with Gasteiger partial charge in [-0.1, -0.05) is 44.4 Å². The van der Waals surface area contributed by atoms with Crippen LogP contribution in [0.5, 0.6) is 5.75 Å². The Morgan fingerprint density at radius 3 is 2.62 bits per heavy atom. The van der Waals surface area contributed by atoms with Gasteiger partial charge in [0.05, 0.1) is 7.11 Å². The summed E-state index contributed by atoms with van der Waals surface area (Å²) in [5.74, 6) is 0.980. The van der Waals surface area contributed by atoms with Crippen molar-refractivity contribution < 1.29 is 4.74 Å². The van der Waals surface area contributed by atoms with Crippen molar-refractivity contribution >= 4 is 0 Å². The van der Waals surface area contributed by atoms with Crippen molar-refractivity contribution in [2.24, 2.45) is 0 Å². The third kappa shape index (κ3) is 6.06. The highest BCUT2D eigenvalue weighted by Gasteiger charge is 2.17. The van der Waals surface area contributed by atoms with Gasteiger partial charge < -0.3 is 15.0 Å². The summed E-state index contributed by atoms with van der Waals surface area (Å²) in [5.41, 5.74) is 2.55. The van der Waals surface area contributed by atoms with Gasteiger partial charge in [-0.05, 0) is 39.5 Å². The molecule has 1 unspecified atom stereocenters. The van der Waals surface area contributed by atoms with Crippen LogP contribution in [-0.2, 0) is 0 Å². The lowest BCUT2D eigenvalue weighted by molar-refractivity contribution is 0.282. The summed E-state index contributed by atoms with van der Waals surface area (Å²) < 4.78 is 5.55. The Morgan fingerprint density at radius 2 is 2.00 bits per heavy atom. The molecule has 1 aromatic rings. The lowest BCUT2D eigenvalue weighted by Crippen LogP contribution is -2.33. The number of hydrogen-bond donors (Lipinski definition) is 1. The molecule has 0 aliphatic heterocycles. The van der Waals surface area contributed by atoms with Gasteiger partial charge in [-0.2, -0.15) is 0 Å². The minimum atomic E-state index is 0.316. The van der Waals surface area contributed by atoms with Crippen molar-refractivity contribution in [2.45, 2.75) is 46.1 Å². The van der Waals surface area contributed by atoms with Gasteiger partial charge in [0, 0.05) is 18.2 Å². The van der Waals surface area contributed by atoms with Crippen molar-refractivity contribution in [3.8, 4) is 5.75 Å². The molecule has 0 saturated carbocycles. The molecule has 0 aliphatic carbocycles. The van der Waals surface area contributed by atoms with Crippen LogP contribution in [0.25, 0.3) is 0 Å². The van der Waals surface area contributed by atoms with E-state index in [4.69, 9.17) is 4.74 Å². The minimum Gasteiger partial charge on any atom is -0.496 e. The van der Waals surface area contributed by atoms with Crippen LogP contribution in [0.3, 0.4) is 0 Å². The third-order valence-electron chi connectivity index (χ3n) is 3.85. The second-order valence-electron chi connectivity index (χ2n) is 5.83. The number of likely N-dealkylation sites (N-methyl/N-ethyl adjacent to an activating group) is 2. The molecule has 0 fully saturated rings. The van der Waals surface area contributed by atoms with Crippen LogP contribution < -0.4 is 10.1 Å². The van der Waals surface area contributed by atoms with Crippen molar-refractivity contribution in [3.63, 3.8) is 0 Å². The van der Waals surface area contributed by atoms with Gasteiger partial charge in [0.2, 0.25) is 0 Å². The first kappa shape index (κ1) is 18.0. The Hall–Kier alpha value is -1.06. The summed E-state index contributed by atoms with van der Waals surface area (Å²) in [6, 6.07) is 6.74. The first-order chi connectivity index (χ1) is 10.1. The Kier molecular flexibility index (Phi) is 8.40. The van der Waals surface area contributed by atoms with Crippen LogP contribution in [0, 0.1) is 6.92 Å². The number of methoxy groups -OCH3 is 1. The predicted molar refractivity (Wildman–Crippen MR) is 91.2 cm³/mol. The molecule has 1 N–H and O–H groups in total. The van der Waals surface area contributed by atoms with Crippen LogP contribution in [0.2, 0.25) is 0 Å². The first-order valence-electron chi connectivity index (χ1n) is 8.18. The Balaban J connectivity index is 2.78. The zero-order chi connectivity index (χ0) is 15.7. The molecule has 120 valence electrons. The van der Waals surface area contributed by atoms with E-state index in [9.17, 15) is 0 Å². The fraction of sp³-hybridized carbons (Fsp3) is 0.667. The number of benzene rings is 1. The largest absolute Gasteiger partial charge is 0.496 e. The summed E-state index contributed by atoms with van der Waals surface area (Å²) >= 11 is 0. The highest BCUT2D eigenvalue weighted by molar-refractivity contribution is 5.39. The molecule has 0 amide bonds. The lowest BCUT2D eigenvalue weighted by atomic mass is 10.0. The summed E-state index contributed by atoms with van der Waals surface area (Å²) in [5, 5.41) is 3.60. The van der Waals surface area contributed by atoms with E-state index < -0.39 is 0 Å². The number of hydrogen-bond acceptors (Lipinski definition) is 3. The second-order valence-corrected chi connectivity index (χ2v) is 5.83. The van der Waals surface area contributed by atoms with Crippen LogP contribution in [-0.4, -0.2) is 38.7 Å². The molecule has 3 nitrogen and oxygen atoms in total. The SMILES string of the molecule is CCCCCN(C)CC(NCC)c1cc(C)ccc1OC. The predicted octanol–water partition coefficient (Wildman–Crippen LogP) is 3.78. The Bertz CT molecular complexity index is 406. The molecule has 0 bridgehead atoms. The number of ether oxygens (including phenoxy) is 1. The van der Waals surface area contributed by atoms with Gasteiger partial charge >= 0.3 is 0 Å². The second kappa shape index (κ2) is 9.80. The van der Waals surface area contributed by atoms with Gasteiger partial charge in [-0.25, -0.2) is 0 Å². The standard InChI is InChI=1S/C18H32N2O/c1-6-8-9-12-20(4)14-17(19-7-2)16-13-15(3)10-11-18(16)21-5/h10-11,13,17,19H,6-9,12,14H2,1-5H3. The van der Waals surface area contributed by atoms with Gasteiger partial charge in [0.1, 0.15) is 5.75 Å². The average molecular weight is 292 g/mol. The fourth-order valence-electron chi connectivity index (χ4n) is 2.68. The third-order valence-corrected chi connectivity index (χ3v) is 3.85. The molecule has 0 aromatic heterocycles. The van der Waals surface area contributed by atoms with Gasteiger partial charge in [0.25, 0.3) is 0 Å². The molecule has 21 heavy (non-hydrogen) atoms. The Labute approximate surface area is 130 Å². The number of rotatable bonds is 10. The van der Waals surface area contributed by atoms with Crippen LogP contribution in [0.15, 0.2) is 18.2 Å². The molecule has 0 spiro atoms. The maximum Gasteiger partial charge on any atom is 0.123 e. The average Bonchev–Trinajstić information content (AvgIpc) is 2.47. The molecule has 1 aromatic carbocycles. The summed E-state index contributed by atoms with van der Waals surface area (Å²) in [7, 11) is 3.96. The van der Waals surface area contributed by atoms with E-state index in [0.29, 0.717) is 6.04 Å². The fourth-order valence-corrected chi connectivity index (χ4v) is 2.68. The van der Waals surface area contributed by atoms with Gasteiger partial charge in [-0.15, -0.1) is 0 Å². The van der Waals surface area contributed by atoms with Crippen molar-refractivity contribution in [2.75, 3.05) is 33.8 Å². The molecular weight excluding hydrogens is 260 g/mol. The highest BCUT2D eigenvalue weighted by Crippen LogP contribution is 2.27. The van der Waals surface area contributed by atoms with Crippen molar-refractivity contribution in [1.82, 2.24) is 10.2 Å². The first-order valence-corrected chi connectivity index (χ1v) is 8.18. The minimum absolute atomic E-state index is 0.316. The van der Waals surface area contributed by atoms with Crippen LogP contribution in [0.4, 0.5) is 0 Å². The molecule has 0 saturated heterocycles. The smallest absolute Gasteiger partial charge is 0.123 e. The molecule has 0 heterocycles. The van der Waals surface area contributed by atoms with E-state index in [2.05, 4.69) is 56.2 Å². The van der Waals surface area contributed by atoms with E-state index in [1.54, 1.807) is 7.11 Å². The zero-order valence-corrected chi connectivity index (χ0v) is 14.4. The number of nitrogens with zero attached hydrogens (tertiary/aromatic N) is 1. The van der Waals surface area contributed by atoms with E-state index >= 15 is 0 Å². The van der Waals surface area contributed by atoms with Gasteiger partial charge in [0.15, 0.2) is 0 Å². The maximum atomic E-state index is 5.55. The normalized spacial score (nSPS) is 12.7. The van der Waals surface area contributed by atoms with Crippen LogP contribution >= 0.6 is 0 Å². The van der Waals surface area contributed by atoms with E-state index in [1.807, 2.05) is 0 Å². The Morgan fingerprint density at radius 1 is 1.24 bits per heavy atom. The summed E-state index contributed by atoms with van der Waals surface area (Å²) in [6.45, 7) is 9.67. The van der Waals surface area contributed by atoms with Crippen molar-refractivity contribution in [1.29, 1.82) is 0 Å². The monoisotopic (exact) mass is 292 g/mol.